The van der Waals surface area contributed by atoms with E-state index in [0.717, 1.165) is 0 Å². The van der Waals surface area contributed by atoms with Crippen LogP contribution < -0.4 is 15.4 Å². The Morgan fingerprint density at radius 1 is 1.24 bits per heavy atom. The smallest absolute Gasteiger partial charge is 0.305 e. The van der Waals surface area contributed by atoms with Gasteiger partial charge in [0.05, 0.1) is 37.3 Å². The molecule has 0 radical (unpaired) electrons. The van der Waals surface area contributed by atoms with Crippen LogP contribution in [0.1, 0.15) is 30.6 Å². The average Bonchev–Trinajstić information content (AvgIpc) is 2.52. The molecule has 0 saturated carbocycles. The van der Waals surface area contributed by atoms with Gasteiger partial charge in [-0.3, -0.25) is 14.4 Å². The molecule has 1 rings (SSSR count). The molecule has 1 unspecified atom stereocenters. The Bertz CT molecular complexity index is 619. The van der Waals surface area contributed by atoms with E-state index in [9.17, 15) is 14.4 Å². The first-order chi connectivity index (χ1) is 11.8. The molecule has 8 heteroatoms. The Morgan fingerprint density at radius 2 is 1.92 bits per heavy atom. The van der Waals surface area contributed by atoms with Crippen molar-refractivity contribution in [2.45, 2.75) is 25.8 Å². The average molecular weight is 352 g/mol. The van der Waals surface area contributed by atoms with Crippen LogP contribution in [-0.2, 0) is 14.3 Å². The maximum Gasteiger partial charge on any atom is 0.305 e. The number of aliphatic carboxylic acids is 1. The van der Waals surface area contributed by atoms with Gasteiger partial charge in [-0.25, -0.2) is 0 Å². The van der Waals surface area contributed by atoms with E-state index in [1.54, 1.807) is 38.1 Å². The Labute approximate surface area is 146 Å². The summed E-state index contributed by atoms with van der Waals surface area (Å²) in [6.07, 6.45) is -0.298. The van der Waals surface area contributed by atoms with Gasteiger partial charge in [0.25, 0.3) is 5.91 Å². The third kappa shape index (κ3) is 6.80. The van der Waals surface area contributed by atoms with E-state index >= 15 is 0 Å². The molecule has 0 aromatic heterocycles. The van der Waals surface area contributed by atoms with Crippen LogP contribution in [0.5, 0.6) is 5.75 Å². The van der Waals surface area contributed by atoms with Gasteiger partial charge in [-0.2, -0.15) is 0 Å². The molecule has 0 bridgehead atoms. The van der Waals surface area contributed by atoms with Crippen molar-refractivity contribution in [3.05, 3.63) is 29.8 Å². The number of carboxylic acids is 1. The maximum absolute atomic E-state index is 12.2. The van der Waals surface area contributed by atoms with E-state index < -0.39 is 23.3 Å². The lowest BCUT2D eigenvalue weighted by Gasteiger charge is -2.28. The number of carboxylic acid groups (broad SMARTS) is 1. The third-order valence-electron chi connectivity index (χ3n) is 3.29. The van der Waals surface area contributed by atoms with Gasteiger partial charge in [0.2, 0.25) is 5.91 Å². The summed E-state index contributed by atoms with van der Waals surface area (Å²) in [6, 6.07) is 6.70. The first-order valence-electron chi connectivity index (χ1n) is 7.83. The fraction of sp³-hybridized carbons (Fsp3) is 0.471. The molecule has 3 N–H and O–H groups in total. The molecule has 0 aliphatic heterocycles. The number of hydrogen-bond donors (Lipinski definition) is 3. The van der Waals surface area contributed by atoms with E-state index in [4.69, 9.17) is 14.6 Å². The second-order valence-electron chi connectivity index (χ2n) is 5.72. The highest BCUT2D eigenvalue weighted by Crippen LogP contribution is 2.17. The Kier molecular flexibility index (Phi) is 7.87. The second-order valence-corrected chi connectivity index (χ2v) is 5.72. The van der Waals surface area contributed by atoms with Crippen LogP contribution in [0.3, 0.4) is 0 Å². The van der Waals surface area contributed by atoms with Crippen molar-refractivity contribution in [1.29, 1.82) is 0 Å². The number of benzene rings is 1. The molecule has 8 nitrogen and oxygen atoms in total. The summed E-state index contributed by atoms with van der Waals surface area (Å²) in [5.74, 6) is -1.60. The molecular weight excluding hydrogens is 328 g/mol. The summed E-state index contributed by atoms with van der Waals surface area (Å²) in [6.45, 7) is 3.52. The highest BCUT2D eigenvalue weighted by atomic mass is 16.5. The number of para-hydroxylation sites is 1. The number of carbonyl (C=O) groups excluding carboxylic acids is 2. The number of ether oxygens (including phenoxy) is 2. The molecule has 0 aliphatic carbocycles. The van der Waals surface area contributed by atoms with Gasteiger partial charge in [0, 0.05) is 7.11 Å². The van der Waals surface area contributed by atoms with Crippen molar-refractivity contribution in [3.63, 3.8) is 0 Å². The fourth-order valence-electron chi connectivity index (χ4n) is 2.36. The molecule has 0 saturated heterocycles. The SMILES string of the molecule is CCOc1ccccc1C(=O)NCC(=O)NC(C)(COC)CC(=O)O. The predicted octanol–water partition coefficient (Wildman–Crippen LogP) is 0.811. The quantitative estimate of drug-likeness (QED) is 0.574. The molecule has 138 valence electrons. The van der Waals surface area contributed by atoms with Crippen molar-refractivity contribution in [2.24, 2.45) is 0 Å². The molecule has 0 aliphatic rings. The van der Waals surface area contributed by atoms with Crippen molar-refractivity contribution >= 4 is 17.8 Å². The number of rotatable bonds is 10. The molecule has 1 aromatic rings. The van der Waals surface area contributed by atoms with E-state index in [0.29, 0.717) is 17.9 Å². The number of methoxy groups -OCH3 is 1. The van der Waals surface area contributed by atoms with Crippen LogP contribution >= 0.6 is 0 Å². The normalized spacial score (nSPS) is 12.8. The number of hydrogen-bond acceptors (Lipinski definition) is 5. The maximum atomic E-state index is 12.2. The third-order valence-corrected chi connectivity index (χ3v) is 3.29. The Morgan fingerprint density at radius 3 is 2.52 bits per heavy atom. The summed E-state index contributed by atoms with van der Waals surface area (Å²) in [5.41, 5.74) is -0.742. The topological polar surface area (TPSA) is 114 Å². The highest BCUT2D eigenvalue weighted by Gasteiger charge is 2.29. The van der Waals surface area contributed by atoms with Crippen LogP contribution in [0.4, 0.5) is 0 Å². The monoisotopic (exact) mass is 352 g/mol. The first-order valence-corrected chi connectivity index (χ1v) is 7.83. The van der Waals surface area contributed by atoms with Gasteiger partial charge in [0.1, 0.15) is 5.75 Å². The summed E-state index contributed by atoms with van der Waals surface area (Å²) in [5, 5.41) is 14.0. The number of amides is 2. The zero-order valence-corrected chi connectivity index (χ0v) is 14.6. The summed E-state index contributed by atoms with van der Waals surface area (Å²) < 4.78 is 10.3. The minimum Gasteiger partial charge on any atom is -0.493 e. The molecular formula is C17H24N2O6. The van der Waals surface area contributed by atoms with Crippen LogP contribution in [0.25, 0.3) is 0 Å². The summed E-state index contributed by atoms with van der Waals surface area (Å²) >= 11 is 0. The standard InChI is InChI=1S/C17H24N2O6/c1-4-25-13-8-6-5-7-12(13)16(23)18-10-14(20)19-17(2,11-24-3)9-15(21)22/h5-8H,4,9-11H2,1-3H3,(H,18,23)(H,19,20)(H,21,22). The predicted molar refractivity (Wildman–Crippen MR) is 90.6 cm³/mol. The Hall–Kier alpha value is -2.61. The van der Waals surface area contributed by atoms with E-state index in [1.165, 1.54) is 7.11 Å². The summed E-state index contributed by atoms with van der Waals surface area (Å²) in [4.78, 5) is 35.2. The van der Waals surface area contributed by atoms with Crippen LogP contribution in [-0.4, -0.2) is 55.3 Å². The number of nitrogens with one attached hydrogen (secondary N) is 2. The van der Waals surface area contributed by atoms with E-state index in [2.05, 4.69) is 10.6 Å². The van der Waals surface area contributed by atoms with Crippen molar-refractivity contribution in [1.82, 2.24) is 10.6 Å². The number of carbonyl (C=O) groups is 3. The minimum atomic E-state index is -1.06. The Balaban J connectivity index is 2.66. The van der Waals surface area contributed by atoms with Crippen LogP contribution in [0, 0.1) is 0 Å². The van der Waals surface area contributed by atoms with Crippen molar-refractivity contribution < 1.29 is 29.0 Å². The summed E-state index contributed by atoms with van der Waals surface area (Å²) in [7, 11) is 1.42. The zero-order valence-electron chi connectivity index (χ0n) is 14.6. The largest absolute Gasteiger partial charge is 0.493 e. The van der Waals surface area contributed by atoms with Gasteiger partial charge in [-0.15, -0.1) is 0 Å². The van der Waals surface area contributed by atoms with Crippen molar-refractivity contribution in [3.8, 4) is 5.75 Å². The lowest BCUT2D eigenvalue weighted by Crippen LogP contribution is -2.53. The van der Waals surface area contributed by atoms with E-state index in [-0.39, 0.29) is 19.6 Å². The molecule has 1 aromatic carbocycles. The van der Waals surface area contributed by atoms with Crippen molar-refractivity contribution in [2.75, 3.05) is 26.9 Å². The van der Waals surface area contributed by atoms with Gasteiger partial charge in [-0.1, -0.05) is 12.1 Å². The van der Waals surface area contributed by atoms with Gasteiger partial charge in [0.15, 0.2) is 0 Å². The second kappa shape index (κ2) is 9.63. The van der Waals surface area contributed by atoms with Gasteiger partial charge in [-0.05, 0) is 26.0 Å². The fourth-order valence-corrected chi connectivity index (χ4v) is 2.36. The molecule has 0 fully saturated rings. The molecule has 0 heterocycles. The molecule has 0 spiro atoms. The minimum absolute atomic E-state index is 0.0339. The lowest BCUT2D eigenvalue weighted by molar-refractivity contribution is -0.139. The van der Waals surface area contributed by atoms with Gasteiger partial charge >= 0.3 is 5.97 Å². The molecule has 2 amide bonds. The molecule has 1 atom stereocenters. The van der Waals surface area contributed by atoms with Crippen LogP contribution in [0.15, 0.2) is 24.3 Å². The zero-order chi connectivity index (χ0) is 18.9. The lowest BCUT2D eigenvalue weighted by atomic mass is 9.99. The first kappa shape index (κ1) is 20.4. The molecule has 25 heavy (non-hydrogen) atoms. The highest BCUT2D eigenvalue weighted by molar-refractivity contribution is 5.98. The van der Waals surface area contributed by atoms with Gasteiger partial charge < -0.3 is 25.2 Å². The van der Waals surface area contributed by atoms with Crippen LogP contribution in [0.2, 0.25) is 0 Å². The van der Waals surface area contributed by atoms with E-state index in [1.807, 2.05) is 0 Å².